The lowest BCUT2D eigenvalue weighted by Gasteiger charge is -2.12. The lowest BCUT2D eigenvalue weighted by molar-refractivity contribution is -0.00000472. The van der Waals surface area contributed by atoms with Gasteiger partial charge >= 0.3 is 0 Å². The van der Waals surface area contributed by atoms with Gasteiger partial charge in [-0.1, -0.05) is 53.5 Å². The summed E-state index contributed by atoms with van der Waals surface area (Å²) in [5.74, 6) is 0. The quantitative estimate of drug-likeness (QED) is 0.523. The number of anilines is 1. The maximum atomic E-state index is 6.45. The van der Waals surface area contributed by atoms with Gasteiger partial charge in [-0.3, -0.25) is 0 Å². The van der Waals surface area contributed by atoms with Gasteiger partial charge in [0.2, 0.25) is 0 Å². The van der Waals surface area contributed by atoms with Gasteiger partial charge in [-0.15, -0.1) is 0 Å². The van der Waals surface area contributed by atoms with Crippen molar-refractivity contribution in [2.75, 3.05) is 5.73 Å². The summed E-state index contributed by atoms with van der Waals surface area (Å²) in [4.78, 5) is 4.79. The highest BCUT2D eigenvalue weighted by Gasteiger charge is 2.12. The number of halogens is 3. The zero-order chi connectivity index (χ0) is 17.4. The number of fused-ring (bicyclic) bond motifs is 1. The third kappa shape index (κ3) is 3.49. The first-order chi connectivity index (χ1) is 12.1. The van der Waals surface area contributed by atoms with Crippen molar-refractivity contribution in [3.05, 3.63) is 82.8 Å². The van der Waals surface area contributed by atoms with Crippen molar-refractivity contribution in [1.82, 2.24) is 4.98 Å². The fraction of sp³-hybridized carbons (Fsp3) is 0. The van der Waals surface area contributed by atoms with Crippen molar-refractivity contribution >= 4 is 39.8 Å². The molecular formula is C21H14Cl3N2-. The van der Waals surface area contributed by atoms with Gasteiger partial charge in [-0.25, -0.2) is 4.98 Å². The summed E-state index contributed by atoms with van der Waals surface area (Å²) in [7, 11) is 0. The van der Waals surface area contributed by atoms with Gasteiger partial charge in [0.25, 0.3) is 0 Å². The highest BCUT2D eigenvalue weighted by molar-refractivity contribution is 6.34. The molecule has 0 unspecified atom stereocenters. The molecule has 0 saturated carbocycles. The number of aromatic nitrogens is 1. The molecule has 0 fully saturated rings. The minimum atomic E-state index is 0. The molecule has 4 rings (SSSR count). The molecule has 1 aromatic heterocycles. The molecule has 2 nitrogen and oxygen atoms in total. The minimum absolute atomic E-state index is 0. The minimum Gasteiger partial charge on any atom is -1.00 e. The Morgan fingerprint density at radius 1 is 0.769 bits per heavy atom. The zero-order valence-electron chi connectivity index (χ0n) is 13.6. The molecule has 0 saturated heterocycles. The molecule has 0 bridgehead atoms. The predicted octanol–water partition coefficient (Wildman–Crippen LogP) is 3.46. The average molecular weight is 401 g/mol. The fourth-order valence-corrected chi connectivity index (χ4v) is 3.36. The lowest BCUT2D eigenvalue weighted by Crippen LogP contribution is -3.00. The van der Waals surface area contributed by atoms with Crippen LogP contribution < -0.4 is 18.1 Å². The van der Waals surface area contributed by atoms with Crippen molar-refractivity contribution in [2.45, 2.75) is 0 Å². The van der Waals surface area contributed by atoms with Crippen LogP contribution in [0.25, 0.3) is 33.3 Å². The molecule has 3 aromatic carbocycles. The third-order valence-corrected chi connectivity index (χ3v) is 4.68. The SMILES string of the molecule is Nc1cccc(-c2cc(-c3ccccc3Cl)c3cc(Cl)ccc3n2)c1.[Cl-]. The first-order valence-corrected chi connectivity index (χ1v) is 8.58. The largest absolute Gasteiger partial charge is 1.00 e. The molecule has 2 N–H and O–H groups in total. The molecule has 0 aliphatic rings. The van der Waals surface area contributed by atoms with Crippen molar-refractivity contribution in [3.63, 3.8) is 0 Å². The summed E-state index contributed by atoms with van der Waals surface area (Å²) in [5, 5.41) is 2.32. The Morgan fingerprint density at radius 2 is 1.58 bits per heavy atom. The second-order valence-corrected chi connectivity index (χ2v) is 6.67. The number of hydrogen-bond acceptors (Lipinski definition) is 2. The van der Waals surface area contributed by atoms with E-state index in [1.807, 2.05) is 72.8 Å². The monoisotopic (exact) mass is 399 g/mol. The van der Waals surface area contributed by atoms with Crippen LogP contribution in [0.15, 0.2) is 72.8 Å². The van der Waals surface area contributed by atoms with Gasteiger partial charge in [-0.2, -0.15) is 0 Å². The molecule has 0 radical (unpaired) electrons. The Morgan fingerprint density at radius 3 is 2.35 bits per heavy atom. The number of benzene rings is 3. The molecule has 4 aromatic rings. The summed E-state index contributed by atoms with van der Waals surface area (Å²) in [5.41, 5.74) is 11.3. The number of nitrogens with zero attached hydrogens (tertiary/aromatic N) is 1. The number of nitrogens with two attached hydrogens (primary N) is 1. The van der Waals surface area contributed by atoms with Gasteiger partial charge in [0.05, 0.1) is 11.2 Å². The van der Waals surface area contributed by atoms with Crippen LogP contribution in [0.5, 0.6) is 0 Å². The molecule has 1 heterocycles. The van der Waals surface area contributed by atoms with Crippen molar-refractivity contribution in [3.8, 4) is 22.4 Å². The molecule has 0 aliphatic heterocycles. The van der Waals surface area contributed by atoms with E-state index in [2.05, 4.69) is 0 Å². The second kappa shape index (κ2) is 7.55. The van der Waals surface area contributed by atoms with Crippen LogP contribution in [0.4, 0.5) is 5.69 Å². The van der Waals surface area contributed by atoms with E-state index in [-0.39, 0.29) is 12.4 Å². The van der Waals surface area contributed by atoms with Crippen LogP contribution in [0.2, 0.25) is 10.0 Å². The smallest absolute Gasteiger partial charge is 0.0716 e. The Kier molecular flexibility index (Phi) is 5.38. The van der Waals surface area contributed by atoms with Crippen molar-refractivity contribution < 1.29 is 12.4 Å². The highest BCUT2D eigenvalue weighted by Crippen LogP contribution is 2.36. The third-order valence-electron chi connectivity index (χ3n) is 4.12. The molecule has 5 heteroatoms. The maximum absolute atomic E-state index is 6.45. The maximum Gasteiger partial charge on any atom is 0.0716 e. The number of pyridine rings is 1. The Labute approximate surface area is 168 Å². The predicted molar refractivity (Wildman–Crippen MR) is 107 cm³/mol. The topological polar surface area (TPSA) is 38.9 Å². The number of rotatable bonds is 2. The molecule has 130 valence electrons. The molecule has 0 amide bonds. The van der Waals surface area contributed by atoms with Gasteiger partial charge in [0.1, 0.15) is 0 Å². The highest BCUT2D eigenvalue weighted by atomic mass is 35.5. The summed E-state index contributed by atoms with van der Waals surface area (Å²) in [6.07, 6.45) is 0. The zero-order valence-corrected chi connectivity index (χ0v) is 15.9. The normalized spacial score (nSPS) is 10.5. The van der Waals surface area contributed by atoms with E-state index in [1.54, 1.807) is 0 Å². The Bertz CT molecular complexity index is 1090. The van der Waals surface area contributed by atoms with Crippen LogP contribution in [-0.2, 0) is 0 Å². The van der Waals surface area contributed by atoms with Crippen LogP contribution in [0.1, 0.15) is 0 Å². The molecule has 0 spiro atoms. The van der Waals surface area contributed by atoms with Crippen LogP contribution in [0, 0.1) is 0 Å². The average Bonchev–Trinajstić information content (AvgIpc) is 2.61. The Balaban J connectivity index is 0.00000196. The van der Waals surface area contributed by atoms with E-state index in [4.69, 9.17) is 33.9 Å². The van der Waals surface area contributed by atoms with Gasteiger partial charge in [0, 0.05) is 32.2 Å². The second-order valence-electron chi connectivity index (χ2n) is 5.82. The van der Waals surface area contributed by atoms with Crippen LogP contribution in [0.3, 0.4) is 0 Å². The number of hydrogen-bond donors (Lipinski definition) is 1. The molecule has 0 atom stereocenters. The fourth-order valence-electron chi connectivity index (χ4n) is 2.95. The van der Waals surface area contributed by atoms with E-state index in [0.29, 0.717) is 15.7 Å². The summed E-state index contributed by atoms with van der Waals surface area (Å²) in [6.45, 7) is 0. The van der Waals surface area contributed by atoms with E-state index >= 15 is 0 Å². The van der Waals surface area contributed by atoms with Crippen molar-refractivity contribution in [1.29, 1.82) is 0 Å². The van der Waals surface area contributed by atoms with E-state index in [0.717, 1.165) is 33.3 Å². The van der Waals surface area contributed by atoms with E-state index in [9.17, 15) is 0 Å². The van der Waals surface area contributed by atoms with E-state index < -0.39 is 0 Å². The summed E-state index contributed by atoms with van der Waals surface area (Å²) >= 11 is 12.7. The lowest BCUT2D eigenvalue weighted by atomic mass is 9.98. The first kappa shape index (κ1) is 18.5. The van der Waals surface area contributed by atoms with Gasteiger partial charge < -0.3 is 18.1 Å². The van der Waals surface area contributed by atoms with Crippen molar-refractivity contribution in [2.24, 2.45) is 0 Å². The number of nitrogen functional groups attached to an aromatic ring is 1. The summed E-state index contributed by atoms with van der Waals surface area (Å²) < 4.78 is 0. The summed E-state index contributed by atoms with van der Waals surface area (Å²) in [6, 6.07) is 23.2. The van der Waals surface area contributed by atoms with E-state index in [1.165, 1.54) is 0 Å². The van der Waals surface area contributed by atoms with Gasteiger partial charge in [0.15, 0.2) is 0 Å². The Hall–Kier alpha value is -2.26. The van der Waals surface area contributed by atoms with Gasteiger partial charge in [-0.05, 0) is 48.0 Å². The molecular weight excluding hydrogens is 387 g/mol. The van der Waals surface area contributed by atoms with Crippen LogP contribution >= 0.6 is 23.2 Å². The first-order valence-electron chi connectivity index (χ1n) is 7.83. The standard InChI is InChI=1S/C21H14Cl2N2.ClH/c22-14-8-9-20-18(11-14)17(16-6-1-2-7-19(16)23)12-21(25-20)13-4-3-5-15(24)10-13;/h1-12H,24H2;1H/p-1. The van der Waals surface area contributed by atoms with Crippen LogP contribution in [-0.4, -0.2) is 4.98 Å². The molecule has 26 heavy (non-hydrogen) atoms. The molecule has 0 aliphatic carbocycles.